The summed E-state index contributed by atoms with van der Waals surface area (Å²) in [4.78, 5) is 32.8. The van der Waals surface area contributed by atoms with Gasteiger partial charge < -0.3 is 26.4 Å². The van der Waals surface area contributed by atoms with E-state index >= 15 is 0 Å². The number of rotatable bonds is 7. The van der Waals surface area contributed by atoms with E-state index in [1.165, 1.54) is 6.20 Å². The second kappa shape index (κ2) is 11.0. The lowest BCUT2D eigenvalue weighted by Crippen LogP contribution is -2.43. The molecular formula is C27H28N8O2. The number of ether oxygens (including phenoxy) is 1. The first-order valence-electron chi connectivity index (χ1n) is 12.1. The second-order valence-corrected chi connectivity index (χ2v) is 8.85. The van der Waals surface area contributed by atoms with Crippen LogP contribution < -0.4 is 26.4 Å². The smallest absolute Gasteiger partial charge is 0.276 e. The van der Waals surface area contributed by atoms with E-state index in [0.717, 1.165) is 30.6 Å². The van der Waals surface area contributed by atoms with Crippen LogP contribution in [0.25, 0.3) is 11.4 Å². The lowest BCUT2D eigenvalue weighted by Gasteiger charge is -2.33. The van der Waals surface area contributed by atoms with E-state index in [2.05, 4.69) is 30.2 Å². The number of hydrogen-bond acceptors (Lipinski definition) is 9. The highest BCUT2D eigenvalue weighted by molar-refractivity contribution is 6.07. The van der Waals surface area contributed by atoms with E-state index in [4.69, 9.17) is 16.2 Å². The van der Waals surface area contributed by atoms with Gasteiger partial charge in [0.05, 0.1) is 41.3 Å². The number of nitrogens with one attached hydrogen (secondary N) is 1. The Balaban J connectivity index is 1.35. The van der Waals surface area contributed by atoms with E-state index < -0.39 is 5.91 Å². The van der Waals surface area contributed by atoms with Gasteiger partial charge in [-0.1, -0.05) is 30.3 Å². The fourth-order valence-electron chi connectivity index (χ4n) is 4.24. The number of pyridine rings is 2. The highest BCUT2D eigenvalue weighted by Gasteiger charge is 2.21. The summed E-state index contributed by atoms with van der Waals surface area (Å²) in [6, 6.07) is 15.1. The Morgan fingerprint density at radius 3 is 2.73 bits per heavy atom. The maximum Gasteiger partial charge on any atom is 0.276 e. The van der Waals surface area contributed by atoms with Gasteiger partial charge in [0.1, 0.15) is 12.3 Å². The van der Waals surface area contributed by atoms with Crippen molar-refractivity contribution in [3.8, 4) is 17.3 Å². The molecule has 1 aromatic carbocycles. The first kappa shape index (κ1) is 24.1. The molecule has 4 heterocycles. The Bertz CT molecular complexity index is 1380. The molecule has 5 rings (SSSR count). The van der Waals surface area contributed by atoms with Gasteiger partial charge in [-0.05, 0) is 36.6 Å². The molecule has 0 aliphatic carbocycles. The lowest BCUT2D eigenvalue weighted by molar-refractivity contribution is 0.102. The zero-order valence-corrected chi connectivity index (χ0v) is 20.2. The summed E-state index contributed by atoms with van der Waals surface area (Å²) in [6.45, 7) is 1.93. The number of carbonyl (C=O) groups excluding carboxylic acids is 1. The average Bonchev–Trinajstić information content (AvgIpc) is 2.93. The largest absolute Gasteiger partial charge is 0.472 e. The van der Waals surface area contributed by atoms with Crippen molar-refractivity contribution in [1.29, 1.82) is 0 Å². The molecule has 0 saturated carbocycles. The molecule has 1 fully saturated rings. The van der Waals surface area contributed by atoms with Crippen molar-refractivity contribution < 1.29 is 9.53 Å². The Hall–Kier alpha value is -4.57. The molecule has 1 aliphatic rings. The molecule has 1 amide bonds. The van der Waals surface area contributed by atoms with Crippen LogP contribution in [0.2, 0.25) is 0 Å². The summed E-state index contributed by atoms with van der Waals surface area (Å²) in [5.74, 6) is -0.0925. The van der Waals surface area contributed by atoms with Crippen LogP contribution in [0.3, 0.4) is 0 Å². The van der Waals surface area contributed by atoms with Gasteiger partial charge in [-0.3, -0.25) is 14.8 Å². The number of piperidine rings is 1. The van der Waals surface area contributed by atoms with E-state index in [1.807, 2.05) is 36.4 Å². The Morgan fingerprint density at radius 1 is 1.03 bits per heavy atom. The molecule has 0 radical (unpaired) electrons. The van der Waals surface area contributed by atoms with Crippen molar-refractivity contribution >= 4 is 23.0 Å². The predicted octanol–water partition coefficient (Wildman–Crippen LogP) is 3.27. The highest BCUT2D eigenvalue weighted by atomic mass is 16.5. The first-order valence-corrected chi connectivity index (χ1v) is 12.1. The van der Waals surface area contributed by atoms with Gasteiger partial charge in [-0.25, -0.2) is 9.97 Å². The zero-order chi connectivity index (χ0) is 25.6. The van der Waals surface area contributed by atoms with Crippen molar-refractivity contribution in [3.05, 3.63) is 84.6 Å². The monoisotopic (exact) mass is 496 g/mol. The van der Waals surface area contributed by atoms with Gasteiger partial charge in [0.2, 0.25) is 5.88 Å². The van der Waals surface area contributed by atoms with Gasteiger partial charge in [0.15, 0.2) is 5.69 Å². The number of nitrogen functional groups attached to an aromatic ring is 1. The number of aromatic nitrogens is 4. The minimum Gasteiger partial charge on any atom is -0.472 e. The molecule has 4 aromatic rings. The van der Waals surface area contributed by atoms with Crippen LogP contribution in [0.5, 0.6) is 5.88 Å². The fourth-order valence-corrected chi connectivity index (χ4v) is 4.24. The first-order chi connectivity index (χ1) is 18.1. The molecule has 1 atom stereocenters. The molecule has 188 valence electrons. The molecule has 10 nitrogen and oxygen atoms in total. The second-order valence-electron chi connectivity index (χ2n) is 8.85. The third-order valence-electron chi connectivity index (χ3n) is 6.09. The van der Waals surface area contributed by atoms with Crippen LogP contribution in [-0.4, -0.2) is 45.0 Å². The molecule has 3 aromatic heterocycles. The van der Waals surface area contributed by atoms with Crippen LogP contribution in [-0.2, 0) is 6.61 Å². The number of anilines is 3. The van der Waals surface area contributed by atoms with Gasteiger partial charge in [0.25, 0.3) is 5.91 Å². The SMILES string of the molecule is Nc1ccc(-c2cncc(OCc3ccccc3)n2)nc1C(=O)Nc1cnccc1N1CCC[C@H](N)C1. The normalized spacial score (nSPS) is 15.3. The van der Waals surface area contributed by atoms with Gasteiger partial charge in [0, 0.05) is 25.3 Å². The minimum absolute atomic E-state index is 0.0834. The quantitative estimate of drug-likeness (QED) is 0.351. The third-order valence-corrected chi connectivity index (χ3v) is 6.09. The van der Waals surface area contributed by atoms with Gasteiger partial charge in [-0.15, -0.1) is 0 Å². The summed E-state index contributed by atoms with van der Waals surface area (Å²) < 4.78 is 5.79. The van der Waals surface area contributed by atoms with E-state index in [0.29, 0.717) is 36.1 Å². The van der Waals surface area contributed by atoms with Gasteiger partial charge >= 0.3 is 0 Å². The van der Waals surface area contributed by atoms with Crippen LogP contribution >= 0.6 is 0 Å². The van der Waals surface area contributed by atoms with Crippen molar-refractivity contribution in [2.75, 3.05) is 29.0 Å². The van der Waals surface area contributed by atoms with Crippen LogP contribution in [0, 0.1) is 0 Å². The molecule has 0 spiro atoms. The Labute approximate surface area is 214 Å². The maximum absolute atomic E-state index is 13.3. The standard InChI is InChI=1S/C27H28N8O2/c28-19-7-4-12-35(16-19)24-10-11-30-14-23(24)34-27(36)26-20(29)8-9-21(33-26)22-13-31-15-25(32-22)37-17-18-5-2-1-3-6-18/h1-3,5-6,8-11,13-15,19H,4,7,12,16-17,28-29H2,(H,34,36)/t19-/m0/s1. The number of nitrogens with two attached hydrogens (primary N) is 2. The molecular weight excluding hydrogens is 468 g/mol. The topological polar surface area (TPSA) is 145 Å². The minimum atomic E-state index is -0.445. The summed E-state index contributed by atoms with van der Waals surface area (Å²) in [6.07, 6.45) is 8.39. The van der Waals surface area contributed by atoms with E-state index in [-0.39, 0.29) is 17.4 Å². The lowest BCUT2D eigenvalue weighted by atomic mass is 10.1. The summed E-state index contributed by atoms with van der Waals surface area (Å²) >= 11 is 0. The number of nitrogens with zero attached hydrogens (tertiary/aromatic N) is 5. The highest BCUT2D eigenvalue weighted by Crippen LogP contribution is 2.28. The molecule has 5 N–H and O–H groups in total. The van der Waals surface area contributed by atoms with Crippen molar-refractivity contribution in [1.82, 2.24) is 19.9 Å². The van der Waals surface area contributed by atoms with Crippen molar-refractivity contribution in [2.24, 2.45) is 5.73 Å². The van der Waals surface area contributed by atoms with E-state index in [1.54, 1.807) is 30.7 Å². The van der Waals surface area contributed by atoms with Crippen LogP contribution in [0.15, 0.2) is 73.3 Å². The molecule has 37 heavy (non-hydrogen) atoms. The Kier molecular flexibility index (Phi) is 7.18. The fraction of sp³-hybridized carbons (Fsp3) is 0.222. The molecule has 1 aliphatic heterocycles. The number of carbonyl (C=O) groups is 1. The molecule has 0 unspecified atom stereocenters. The summed E-state index contributed by atoms with van der Waals surface area (Å²) in [5.41, 5.74) is 16.0. The molecule has 0 bridgehead atoms. The Morgan fingerprint density at radius 2 is 1.89 bits per heavy atom. The summed E-state index contributed by atoms with van der Waals surface area (Å²) in [5, 5.41) is 2.92. The maximum atomic E-state index is 13.3. The summed E-state index contributed by atoms with van der Waals surface area (Å²) in [7, 11) is 0. The van der Waals surface area contributed by atoms with Crippen LogP contribution in [0.4, 0.5) is 17.1 Å². The predicted molar refractivity (Wildman–Crippen MR) is 142 cm³/mol. The van der Waals surface area contributed by atoms with E-state index in [9.17, 15) is 4.79 Å². The van der Waals surface area contributed by atoms with Crippen molar-refractivity contribution in [3.63, 3.8) is 0 Å². The number of benzene rings is 1. The molecule has 1 saturated heterocycles. The average molecular weight is 497 g/mol. The zero-order valence-electron chi connectivity index (χ0n) is 20.2. The number of amides is 1. The van der Waals surface area contributed by atoms with Gasteiger partial charge in [-0.2, -0.15) is 0 Å². The third kappa shape index (κ3) is 5.81. The molecule has 10 heteroatoms. The number of hydrogen-bond donors (Lipinski definition) is 3. The van der Waals surface area contributed by atoms with Crippen molar-refractivity contribution in [2.45, 2.75) is 25.5 Å². The van der Waals surface area contributed by atoms with Crippen LogP contribution in [0.1, 0.15) is 28.9 Å².